The van der Waals surface area contributed by atoms with Crippen LogP contribution in [0.5, 0.6) is 5.75 Å². The molecule has 0 aliphatic rings. The highest BCUT2D eigenvalue weighted by Gasteiger charge is 2.08. The number of hydrogen-bond acceptors (Lipinski definition) is 5. The van der Waals surface area contributed by atoms with Crippen LogP contribution in [0.2, 0.25) is 0 Å². The molecule has 4 rings (SSSR count). The van der Waals surface area contributed by atoms with Crippen molar-refractivity contribution in [1.82, 2.24) is 25.0 Å². The summed E-state index contributed by atoms with van der Waals surface area (Å²) < 4.78 is 1.66. The topological polar surface area (TPSA) is 76.7 Å². The molecule has 1 N–H and O–H groups in total. The number of nitrogens with zero attached hydrogens (tertiary/aromatic N) is 5. The van der Waals surface area contributed by atoms with Crippen LogP contribution in [0.4, 0.5) is 0 Å². The van der Waals surface area contributed by atoms with E-state index in [1.54, 1.807) is 41.3 Å². The van der Waals surface area contributed by atoms with Gasteiger partial charge in [0.25, 0.3) is 0 Å². The molecule has 0 fully saturated rings. The number of aromatic hydroxyl groups is 1. The van der Waals surface area contributed by atoms with Crippen LogP contribution >= 0.6 is 0 Å². The van der Waals surface area contributed by atoms with Gasteiger partial charge in [0, 0.05) is 18.0 Å². The predicted octanol–water partition coefficient (Wildman–Crippen LogP) is 3.10. The van der Waals surface area contributed by atoms with Gasteiger partial charge in [0.15, 0.2) is 0 Å². The molecule has 0 atom stereocenters. The fraction of sp³-hybridized carbons (Fsp3) is 0. The second kappa shape index (κ2) is 5.92. The molecule has 3 heterocycles. The number of phenols is 1. The maximum absolute atomic E-state index is 9.37. The van der Waals surface area contributed by atoms with Crippen LogP contribution in [-0.2, 0) is 0 Å². The predicted molar refractivity (Wildman–Crippen MR) is 89.5 cm³/mol. The van der Waals surface area contributed by atoms with Crippen LogP contribution in [0, 0.1) is 0 Å². The Labute approximate surface area is 138 Å². The first kappa shape index (κ1) is 14.1. The van der Waals surface area contributed by atoms with Crippen LogP contribution in [0.1, 0.15) is 0 Å². The summed E-state index contributed by atoms with van der Waals surface area (Å²) in [5, 5.41) is 17.7. The summed E-state index contributed by atoms with van der Waals surface area (Å²) in [5.41, 5.74) is 4.07. The van der Waals surface area contributed by atoms with E-state index in [4.69, 9.17) is 0 Å². The van der Waals surface area contributed by atoms with Gasteiger partial charge in [0.05, 0.1) is 23.3 Å². The molecule has 0 amide bonds. The van der Waals surface area contributed by atoms with Crippen LogP contribution in [-0.4, -0.2) is 30.1 Å². The second-order valence-corrected chi connectivity index (χ2v) is 5.21. The molecule has 6 nitrogen and oxygen atoms in total. The van der Waals surface area contributed by atoms with Crippen molar-refractivity contribution in [3.05, 3.63) is 73.2 Å². The Morgan fingerprint density at radius 2 is 1.62 bits per heavy atom. The number of benzene rings is 1. The zero-order chi connectivity index (χ0) is 16.4. The molecular formula is C18H13N5O. The molecule has 0 aliphatic carbocycles. The first-order chi connectivity index (χ1) is 11.8. The minimum atomic E-state index is 0.216. The van der Waals surface area contributed by atoms with Crippen molar-refractivity contribution in [2.45, 2.75) is 0 Å². The van der Waals surface area contributed by atoms with E-state index in [1.165, 1.54) is 0 Å². The SMILES string of the molecule is Oc1ccc(-n2cc(-c3ccnc(-c4ccccn4)c3)nn2)cc1. The van der Waals surface area contributed by atoms with Crippen LogP contribution < -0.4 is 0 Å². The first-order valence-electron chi connectivity index (χ1n) is 7.39. The van der Waals surface area contributed by atoms with E-state index in [0.717, 1.165) is 28.3 Å². The van der Waals surface area contributed by atoms with Crippen LogP contribution in [0.15, 0.2) is 73.2 Å². The number of phenolic OH excluding ortho intramolecular Hbond substituents is 1. The van der Waals surface area contributed by atoms with E-state index in [1.807, 2.05) is 36.5 Å². The van der Waals surface area contributed by atoms with Gasteiger partial charge in [-0.15, -0.1) is 5.10 Å². The zero-order valence-electron chi connectivity index (χ0n) is 12.6. The third-order valence-corrected chi connectivity index (χ3v) is 3.59. The zero-order valence-corrected chi connectivity index (χ0v) is 12.6. The summed E-state index contributed by atoms with van der Waals surface area (Å²) in [7, 11) is 0. The van der Waals surface area contributed by atoms with Gasteiger partial charge < -0.3 is 5.11 Å². The Balaban J connectivity index is 1.69. The Bertz CT molecular complexity index is 964. The second-order valence-electron chi connectivity index (χ2n) is 5.21. The highest BCUT2D eigenvalue weighted by atomic mass is 16.3. The third kappa shape index (κ3) is 2.72. The molecule has 0 aliphatic heterocycles. The van der Waals surface area contributed by atoms with Crippen molar-refractivity contribution < 1.29 is 5.11 Å². The number of pyridine rings is 2. The molecule has 4 aromatic rings. The molecule has 0 unspecified atom stereocenters. The molecule has 24 heavy (non-hydrogen) atoms. The number of hydrogen-bond donors (Lipinski definition) is 1. The minimum absolute atomic E-state index is 0.216. The van der Waals surface area contributed by atoms with Crippen LogP contribution in [0.25, 0.3) is 28.3 Å². The molecule has 0 spiro atoms. The Morgan fingerprint density at radius 1 is 0.792 bits per heavy atom. The van der Waals surface area contributed by atoms with E-state index < -0.39 is 0 Å². The van der Waals surface area contributed by atoms with Gasteiger partial charge in [-0.25, -0.2) is 4.68 Å². The largest absolute Gasteiger partial charge is 0.508 e. The first-order valence-corrected chi connectivity index (χ1v) is 7.39. The molecule has 6 heteroatoms. The molecule has 1 aromatic carbocycles. The number of aromatic nitrogens is 5. The van der Waals surface area contributed by atoms with E-state index in [0.29, 0.717) is 0 Å². The lowest BCUT2D eigenvalue weighted by Gasteiger charge is -2.01. The molecular weight excluding hydrogens is 302 g/mol. The minimum Gasteiger partial charge on any atom is -0.508 e. The summed E-state index contributed by atoms with van der Waals surface area (Å²) in [6.07, 6.45) is 5.31. The molecule has 0 saturated heterocycles. The molecule has 3 aromatic heterocycles. The van der Waals surface area contributed by atoms with Crippen molar-refractivity contribution in [3.63, 3.8) is 0 Å². The van der Waals surface area contributed by atoms with Gasteiger partial charge >= 0.3 is 0 Å². The monoisotopic (exact) mass is 315 g/mol. The van der Waals surface area contributed by atoms with E-state index in [-0.39, 0.29) is 5.75 Å². The molecule has 116 valence electrons. The quantitative estimate of drug-likeness (QED) is 0.628. The van der Waals surface area contributed by atoms with Gasteiger partial charge in [-0.2, -0.15) is 0 Å². The fourth-order valence-electron chi connectivity index (χ4n) is 2.37. The lowest BCUT2D eigenvalue weighted by atomic mass is 10.1. The molecule has 0 bridgehead atoms. The van der Waals surface area contributed by atoms with Gasteiger partial charge in [-0.05, 0) is 48.5 Å². The van der Waals surface area contributed by atoms with Gasteiger partial charge in [-0.1, -0.05) is 11.3 Å². The molecule has 0 saturated carbocycles. The van der Waals surface area contributed by atoms with Crippen molar-refractivity contribution >= 4 is 0 Å². The van der Waals surface area contributed by atoms with Crippen LogP contribution in [0.3, 0.4) is 0 Å². The smallest absolute Gasteiger partial charge is 0.115 e. The van der Waals surface area contributed by atoms with E-state index in [9.17, 15) is 5.11 Å². The van der Waals surface area contributed by atoms with Crippen molar-refractivity contribution in [2.75, 3.05) is 0 Å². The Kier molecular flexibility index (Phi) is 3.47. The maximum atomic E-state index is 9.37. The summed E-state index contributed by atoms with van der Waals surface area (Å²) >= 11 is 0. The standard InChI is InChI=1S/C18H13N5O/c24-15-6-4-14(5-7-15)23-12-18(21-22-23)13-8-10-20-17(11-13)16-3-1-2-9-19-16/h1-12,24H. The number of rotatable bonds is 3. The summed E-state index contributed by atoms with van der Waals surface area (Å²) in [6, 6.07) is 16.3. The van der Waals surface area contributed by atoms with Gasteiger partial charge in [0.1, 0.15) is 11.4 Å². The van der Waals surface area contributed by atoms with Gasteiger partial charge in [-0.3, -0.25) is 9.97 Å². The lowest BCUT2D eigenvalue weighted by Crippen LogP contribution is -1.93. The molecule has 0 radical (unpaired) electrons. The maximum Gasteiger partial charge on any atom is 0.115 e. The third-order valence-electron chi connectivity index (χ3n) is 3.59. The normalized spacial score (nSPS) is 10.7. The average molecular weight is 315 g/mol. The lowest BCUT2D eigenvalue weighted by molar-refractivity contribution is 0.475. The summed E-state index contributed by atoms with van der Waals surface area (Å²) in [5.74, 6) is 0.216. The van der Waals surface area contributed by atoms with Gasteiger partial charge in [0.2, 0.25) is 0 Å². The Hall–Kier alpha value is -3.54. The highest BCUT2D eigenvalue weighted by Crippen LogP contribution is 2.22. The summed E-state index contributed by atoms with van der Waals surface area (Å²) in [4.78, 5) is 8.68. The average Bonchev–Trinajstić information content (AvgIpc) is 3.13. The van der Waals surface area contributed by atoms with Crippen molar-refractivity contribution in [2.24, 2.45) is 0 Å². The van der Waals surface area contributed by atoms with Crippen molar-refractivity contribution in [3.8, 4) is 34.1 Å². The Morgan fingerprint density at radius 3 is 2.42 bits per heavy atom. The summed E-state index contributed by atoms with van der Waals surface area (Å²) in [6.45, 7) is 0. The highest BCUT2D eigenvalue weighted by molar-refractivity contribution is 5.65. The fourth-order valence-corrected chi connectivity index (χ4v) is 2.37. The van der Waals surface area contributed by atoms with Crippen molar-refractivity contribution in [1.29, 1.82) is 0 Å². The van der Waals surface area contributed by atoms with E-state index >= 15 is 0 Å². The van der Waals surface area contributed by atoms with E-state index in [2.05, 4.69) is 20.3 Å².